The van der Waals surface area contributed by atoms with Crippen LogP contribution in [0.25, 0.3) is 0 Å². The van der Waals surface area contributed by atoms with Crippen LogP contribution in [-0.2, 0) is 14.3 Å². The molecule has 108 valence electrons. The molecule has 0 bridgehead atoms. The van der Waals surface area contributed by atoms with Crippen molar-refractivity contribution >= 4 is 11.9 Å². The van der Waals surface area contributed by atoms with E-state index in [0.29, 0.717) is 17.7 Å². The molecule has 0 spiro atoms. The molecule has 0 radical (unpaired) electrons. The molecule has 5 nitrogen and oxygen atoms in total. The molecule has 0 saturated carbocycles. The summed E-state index contributed by atoms with van der Waals surface area (Å²) in [7, 11) is 1.30. The molecule has 1 atom stereocenters. The van der Waals surface area contributed by atoms with Crippen LogP contribution < -0.4 is 10.1 Å². The van der Waals surface area contributed by atoms with Gasteiger partial charge in [-0.05, 0) is 18.6 Å². The highest BCUT2D eigenvalue weighted by Crippen LogP contribution is 2.34. The zero-order chi connectivity index (χ0) is 14.5. The number of amides is 1. The summed E-state index contributed by atoms with van der Waals surface area (Å²) < 4.78 is 23.5. The van der Waals surface area contributed by atoms with Crippen LogP contribution in [0.4, 0.5) is 4.39 Å². The SMILES string of the molecule is COC(=O)CCCC(=O)N[C@H]1COc2cccc(F)c21. The molecular weight excluding hydrogens is 265 g/mol. The molecule has 1 aromatic rings. The van der Waals surface area contributed by atoms with Crippen LogP contribution in [0.1, 0.15) is 30.9 Å². The van der Waals surface area contributed by atoms with Crippen molar-refractivity contribution in [2.24, 2.45) is 0 Å². The van der Waals surface area contributed by atoms with Crippen molar-refractivity contribution in [1.82, 2.24) is 5.32 Å². The van der Waals surface area contributed by atoms with Crippen molar-refractivity contribution in [2.45, 2.75) is 25.3 Å². The van der Waals surface area contributed by atoms with Crippen LogP contribution in [0.3, 0.4) is 0 Å². The molecule has 2 rings (SSSR count). The molecule has 1 amide bonds. The van der Waals surface area contributed by atoms with Crippen LogP contribution in [0, 0.1) is 5.82 Å². The van der Waals surface area contributed by atoms with E-state index in [-0.39, 0.29) is 37.1 Å². The van der Waals surface area contributed by atoms with Crippen LogP contribution >= 0.6 is 0 Å². The fourth-order valence-corrected chi connectivity index (χ4v) is 2.11. The number of nitrogens with one attached hydrogen (secondary N) is 1. The van der Waals surface area contributed by atoms with E-state index in [1.54, 1.807) is 12.1 Å². The van der Waals surface area contributed by atoms with Crippen molar-refractivity contribution in [3.8, 4) is 5.75 Å². The van der Waals surface area contributed by atoms with Crippen LogP contribution in [0.5, 0.6) is 5.75 Å². The monoisotopic (exact) mass is 281 g/mol. The highest BCUT2D eigenvalue weighted by molar-refractivity contribution is 5.77. The van der Waals surface area contributed by atoms with Gasteiger partial charge in [-0.3, -0.25) is 9.59 Å². The Hall–Kier alpha value is -2.11. The molecular formula is C14H16FNO4. The number of benzene rings is 1. The molecule has 20 heavy (non-hydrogen) atoms. The lowest BCUT2D eigenvalue weighted by Crippen LogP contribution is -2.29. The Balaban J connectivity index is 1.87. The second kappa shape index (κ2) is 6.36. The standard InChI is InChI=1S/C14H16FNO4/c1-19-13(18)7-3-6-12(17)16-10-8-20-11-5-2-4-9(15)14(10)11/h2,4-5,10H,3,6-8H2,1H3,(H,16,17)/t10-/m0/s1. The third kappa shape index (κ3) is 3.26. The Morgan fingerprint density at radius 1 is 1.45 bits per heavy atom. The van der Waals surface area contributed by atoms with Crippen molar-refractivity contribution in [2.75, 3.05) is 13.7 Å². The second-order valence-corrected chi connectivity index (χ2v) is 4.51. The minimum absolute atomic E-state index is 0.190. The van der Waals surface area contributed by atoms with Gasteiger partial charge in [0.2, 0.25) is 5.91 Å². The molecule has 0 unspecified atom stereocenters. The first-order valence-corrected chi connectivity index (χ1v) is 6.39. The molecule has 1 N–H and O–H groups in total. The first-order valence-electron chi connectivity index (χ1n) is 6.39. The average Bonchev–Trinajstić information content (AvgIpc) is 2.83. The van der Waals surface area contributed by atoms with E-state index in [9.17, 15) is 14.0 Å². The molecule has 1 aliphatic heterocycles. The highest BCUT2D eigenvalue weighted by atomic mass is 19.1. The fourth-order valence-electron chi connectivity index (χ4n) is 2.11. The third-order valence-corrected chi connectivity index (χ3v) is 3.11. The Bertz CT molecular complexity index is 518. The summed E-state index contributed by atoms with van der Waals surface area (Å²) in [4.78, 5) is 22.7. The Morgan fingerprint density at radius 2 is 2.25 bits per heavy atom. The molecule has 1 aliphatic rings. The number of fused-ring (bicyclic) bond motifs is 1. The smallest absolute Gasteiger partial charge is 0.305 e. The number of rotatable bonds is 5. The van der Waals surface area contributed by atoms with Gasteiger partial charge in [-0.25, -0.2) is 4.39 Å². The van der Waals surface area contributed by atoms with Gasteiger partial charge in [0.05, 0.1) is 18.7 Å². The molecule has 1 heterocycles. The van der Waals surface area contributed by atoms with Crippen molar-refractivity contribution in [3.63, 3.8) is 0 Å². The summed E-state index contributed by atoms with van der Waals surface area (Å²) in [6.07, 6.45) is 0.779. The lowest BCUT2D eigenvalue weighted by molar-refractivity contribution is -0.140. The van der Waals surface area contributed by atoms with Crippen LogP contribution in [0.2, 0.25) is 0 Å². The lowest BCUT2D eigenvalue weighted by atomic mass is 10.1. The summed E-state index contributed by atoms with van der Waals surface area (Å²) in [6.45, 7) is 0.221. The predicted octanol–water partition coefficient (Wildman–Crippen LogP) is 1.72. The highest BCUT2D eigenvalue weighted by Gasteiger charge is 2.28. The van der Waals surface area contributed by atoms with Crippen LogP contribution in [0.15, 0.2) is 18.2 Å². The maximum atomic E-state index is 13.7. The summed E-state index contributed by atoms with van der Waals surface area (Å²) in [6, 6.07) is 4.09. The topological polar surface area (TPSA) is 64.6 Å². The number of esters is 1. The summed E-state index contributed by atoms with van der Waals surface area (Å²) in [5.41, 5.74) is 0.383. The van der Waals surface area contributed by atoms with Gasteiger partial charge in [-0.2, -0.15) is 0 Å². The summed E-state index contributed by atoms with van der Waals surface area (Å²) in [5, 5.41) is 2.71. The van der Waals surface area contributed by atoms with E-state index in [1.165, 1.54) is 13.2 Å². The zero-order valence-corrected chi connectivity index (χ0v) is 11.1. The normalized spacial score (nSPS) is 16.2. The van der Waals surface area contributed by atoms with Crippen LogP contribution in [-0.4, -0.2) is 25.6 Å². The third-order valence-electron chi connectivity index (χ3n) is 3.11. The van der Waals surface area contributed by atoms with E-state index in [2.05, 4.69) is 10.1 Å². The molecule has 0 aliphatic carbocycles. The van der Waals surface area contributed by atoms with Gasteiger partial charge < -0.3 is 14.8 Å². The van der Waals surface area contributed by atoms with Gasteiger partial charge in [0.1, 0.15) is 18.2 Å². The van der Waals surface area contributed by atoms with Gasteiger partial charge in [0, 0.05) is 12.8 Å². The van der Waals surface area contributed by atoms with Gasteiger partial charge in [0.15, 0.2) is 0 Å². The quantitative estimate of drug-likeness (QED) is 0.835. The van der Waals surface area contributed by atoms with Crippen molar-refractivity contribution < 1.29 is 23.5 Å². The number of methoxy groups -OCH3 is 1. The number of hydrogen-bond donors (Lipinski definition) is 1. The Kier molecular flexibility index (Phi) is 4.55. The predicted molar refractivity (Wildman–Crippen MR) is 68.6 cm³/mol. The Labute approximate surface area is 116 Å². The summed E-state index contributed by atoms with van der Waals surface area (Å²) in [5.74, 6) is -0.512. The molecule has 1 aromatic carbocycles. The van der Waals surface area contributed by atoms with Crippen molar-refractivity contribution in [3.05, 3.63) is 29.6 Å². The minimum Gasteiger partial charge on any atom is -0.491 e. The largest absolute Gasteiger partial charge is 0.491 e. The fraction of sp³-hybridized carbons (Fsp3) is 0.429. The number of carbonyl (C=O) groups excluding carboxylic acids is 2. The van der Waals surface area contributed by atoms with E-state index >= 15 is 0 Å². The number of ether oxygens (including phenoxy) is 2. The minimum atomic E-state index is -0.475. The zero-order valence-electron chi connectivity index (χ0n) is 11.1. The molecule has 0 aromatic heterocycles. The number of halogens is 1. The maximum Gasteiger partial charge on any atom is 0.305 e. The van der Waals surface area contributed by atoms with Gasteiger partial charge in [-0.15, -0.1) is 0 Å². The van der Waals surface area contributed by atoms with Gasteiger partial charge >= 0.3 is 5.97 Å². The summed E-state index contributed by atoms with van der Waals surface area (Å²) >= 11 is 0. The number of carbonyl (C=O) groups is 2. The molecule has 6 heteroatoms. The van der Waals surface area contributed by atoms with E-state index in [0.717, 1.165) is 0 Å². The van der Waals surface area contributed by atoms with Crippen molar-refractivity contribution in [1.29, 1.82) is 0 Å². The first-order chi connectivity index (χ1) is 9.61. The first kappa shape index (κ1) is 14.3. The van der Waals surface area contributed by atoms with E-state index in [1.807, 2.05) is 0 Å². The second-order valence-electron chi connectivity index (χ2n) is 4.51. The average molecular weight is 281 g/mol. The molecule has 0 saturated heterocycles. The molecule has 0 fully saturated rings. The number of hydrogen-bond acceptors (Lipinski definition) is 4. The van der Waals surface area contributed by atoms with E-state index < -0.39 is 6.04 Å². The van der Waals surface area contributed by atoms with Gasteiger partial charge in [0.25, 0.3) is 0 Å². The van der Waals surface area contributed by atoms with Gasteiger partial charge in [-0.1, -0.05) is 6.07 Å². The maximum absolute atomic E-state index is 13.7. The lowest BCUT2D eigenvalue weighted by Gasteiger charge is -2.12. The Morgan fingerprint density at radius 3 is 3.00 bits per heavy atom. The van der Waals surface area contributed by atoms with E-state index in [4.69, 9.17) is 4.74 Å².